The molecule has 1 aliphatic heterocycles. The molecule has 0 spiro atoms. The van der Waals surface area contributed by atoms with Crippen molar-refractivity contribution in [1.29, 1.82) is 0 Å². The molecule has 204 valence electrons. The van der Waals surface area contributed by atoms with Crippen LogP contribution in [0.5, 0.6) is 11.8 Å². The summed E-state index contributed by atoms with van der Waals surface area (Å²) in [6, 6.07) is 4.91. The maximum Gasteiger partial charge on any atom is 0.319 e. The zero-order valence-electron chi connectivity index (χ0n) is 22.1. The second-order valence-electron chi connectivity index (χ2n) is 9.93. The van der Waals surface area contributed by atoms with Crippen LogP contribution in [0.1, 0.15) is 27.2 Å². The lowest BCUT2D eigenvalue weighted by Gasteiger charge is -2.44. The molecule has 2 heterocycles. The van der Waals surface area contributed by atoms with E-state index < -0.39 is 17.4 Å². The number of carbonyl (C=O) groups is 1. The zero-order valence-corrected chi connectivity index (χ0v) is 22.9. The Hall–Kier alpha value is -3.24. The Kier molecular flexibility index (Phi) is 8.22. The van der Waals surface area contributed by atoms with Gasteiger partial charge in [0.15, 0.2) is 5.82 Å². The average Bonchev–Trinajstić information content (AvgIpc) is 2.84. The SMILES string of the molecule is CC(=O)N1C[C@H](C)N(c2nc(OCCCN(C)C)nc3c(F)c(-c4c(O)cccc4F)c(Cl)cc23)C[C@H]1C. The fraction of sp³-hybridized carbons (Fsp3) is 0.444. The van der Waals surface area contributed by atoms with E-state index in [2.05, 4.69) is 9.97 Å². The van der Waals surface area contributed by atoms with Crippen molar-refractivity contribution in [2.45, 2.75) is 39.3 Å². The number of aromatic nitrogens is 2. The number of phenols is 1. The molecule has 8 nitrogen and oxygen atoms in total. The van der Waals surface area contributed by atoms with Crippen LogP contribution < -0.4 is 9.64 Å². The monoisotopic (exact) mass is 547 g/mol. The van der Waals surface area contributed by atoms with Gasteiger partial charge < -0.3 is 24.5 Å². The fourth-order valence-corrected chi connectivity index (χ4v) is 5.12. The van der Waals surface area contributed by atoms with E-state index in [-0.39, 0.29) is 45.7 Å². The van der Waals surface area contributed by atoms with E-state index in [9.17, 15) is 14.3 Å². The molecule has 1 fully saturated rings. The molecule has 2 atom stereocenters. The van der Waals surface area contributed by atoms with Gasteiger partial charge in [-0.15, -0.1) is 0 Å². The normalized spacial score (nSPS) is 17.9. The fourth-order valence-electron chi connectivity index (χ4n) is 4.84. The second kappa shape index (κ2) is 11.2. The molecule has 1 amide bonds. The number of ether oxygens (including phenoxy) is 1. The lowest BCUT2D eigenvalue weighted by molar-refractivity contribution is -0.131. The van der Waals surface area contributed by atoms with E-state index in [0.29, 0.717) is 37.3 Å². The number of fused-ring (bicyclic) bond motifs is 1. The van der Waals surface area contributed by atoms with E-state index in [1.807, 2.05) is 37.7 Å². The van der Waals surface area contributed by atoms with E-state index in [0.717, 1.165) is 12.6 Å². The van der Waals surface area contributed by atoms with Crippen LogP contribution in [-0.2, 0) is 4.79 Å². The number of piperazine rings is 1. The van der Waals surface area contributed by atoms with Crippen LogP contribution in [0.15, 0.2) is 24.3 Å². The van der Waals surface area contributed by atoms with Gasteiger partial charge in [-0.2, -0.15) is 9.97 Å². The first kappa shape index (κ1) is 27.8. The summed E-state index contributed by atoms with van der Waals surface area (Å²) in [4.78, 5) is 26.9. The van der Waals surface area contributed by atoms with E-state index >= 15 is 4.39 Å². The Bertz CT molecular complexity index is 1340. The maximum atomic E-state index is 16.2. The van der Waals surface area contributed by atoms with Crippen LogP contribution in [-0.4, -0.2) is 83.2 Å². The number of hydrogen-bond donors (Lipinski definition) is 1. The third-order valence-electron chi connectivity index (χ3n) is 6.73. The molecular weight excluding hydrogens is 516 g/mol. The van der Waals surface area contributed by atoms with Crippen molar-refractivity contribution >= 4 is 34.2 Å². The van der Waals surface area contributed by atoms with Gasteiger partial charge in [-0.25, -0.2) is 8.78 Å². The average molecular weight is 548 g/mol. The molecular formula is C27H32ClF2N5O3. The van der Waals surface area contributed by atoms with Gasteiger partial charge in [-0.3, -0.25) is 4.79 Å². The van der Waals surface area contributed by atoms with Crippen LogP contribution in [0.2, 0.25) is 5.02 Å². The van der Waals surface area contributed by atoms with Gasteiger partial charge in [0.1, 0.15) is 22.9 Å². The van der Waals surface area contributed by atoms with Crippen molar-refractivity contribution < 1.29 is 23.4 Å². The number of aromatic hydroxyl groups is 1. The third kappa shape index (κ3) is 5.47. The number of anilines is 1. The quantitative estimate of drug-likeness (QED) is 0.429. The molecule has 0 saturated carbocycles. The molecule has 0 radical (unpaired) electrons. The van der Waals surface area contributed by atoms with Gasteiger partial charge >= 0.3 is 6.01 Å². The summed E-state index contributed by atoms with van der Waals surface area (Å²) in [5.74, 6) is -1.77. The predicted octanol–water partition coefficient (Wildman–Crippen LogP) is 4.71. The van der Waals surface area contributed by atoms with Gasteiger partial charge in [-0.1, -0.05) is 17.7 Å². The molecule has 4 rings (SSSR count). The first-order valence-corrected chi connectivity index (χ1v) is 12.9. The molecule has 0 unspecified atom stereocenters. The van der Waals surface area contributed by atoms with Crippen LogP contribution >= 0.6 is 11.6 Å². The summed E-state index contributed by atoms with van der Waals surface area (Å²) in [6.45, 7) is 7.42. The number of carbonyl (C=O) groups excluding carboxylic acids is 1. The maximum absolute atomic E-state index is 16.2. The van der Waals surface area contributed by atoms with Crippen molar-refractivity contribution in [3.05, 3.63) is 40.9 Å². The number of rotatable bonds is 7. The summed E-state index contributed by atoms with van der Waals surface area (Å²) in [7, 11) is 3.90. The Balaban J connectivity index is 1.87. The largest absolute Gasteiger partial charge is 0.507 e. The smallest absolute Gasteiger partial charge is 0.319 e. The third-order valence-corrected chi connectivity index (χ3v) is 7.03. The first-order valence-electron chi connectivity index (χ1n) is 12.5. The highest BCUT2D eigenvalue weighted by molar-refractivity contribution is 6.34. The summed E-state index contributed by atoms with van der Waals surface area (Å²) < 4.78 is 36.7. The van der Waals surface area contributed by atoms with Crippen molar-refractivity contribution in [2.75, 3.05) is 45.2 Å². The highest BCUT2D eigenvalue weighted by Gasteiger charge is 2.33. The molecule has 2 aromatic carbocycles. The summed E-state index contributed by atoms with van der Waals surface area (Å²) >= 11 is 6.52. The molecule has 1 aromatic heterocycles. The number of halogens is 3. The Morgan fingerprint density at radius 3 is 2.58 bits per heavy atom. The minimum atomic E-state index is -0.891. The summed E-state index contributed by atoms with van der Waals surface area (Å²) in [6.07, 6.45) is 0.700. The molecule has 3 aromatic rings. The Morgan fingerprint density at radius 2 is 1.92 bits per heavy atom. The van der Waals surface area contributed by atoms with Crippen LogP contribution in [0.4, 0.5) is 14.6 Å². The first-order chi connectivity index (χ1) is 18.0. The van der Waals surface area contributed by atoms with Crippen LogP contribution in [0, 0.1) is 11.6 Å². The number of benzene rings is 2. The molecule has 1 N–H and O–H groups in total. The van der Waals surface area contributed by atoms with Crippen molar-refractivity contribution in [2.24, 2.45) is 0 Å². The molecule has 1 aliphatic rings. The summed E-state index contributed by atoms with van der Waals surface area (Å²) in [5, 5.41) is 10.6. The highest BCUT2D eigenvalue weighted by atomic mass is 35.5. The van der Waals surface area contributed by atoms with Gasteiger partial charge in [0.05, 0.1) is 17.2 Å². The molecule has 38 heavy (non-hydrogen) atoms. The number of hydrogen-bond acceptors (Lipinski definition) is 7. The number of phenolic OH excluding ortho intramolecular Hbond substituents is 1. The van der Waals surface area contributed by atoms with Crippen molar-refractivity contribution in [3.63, 3.8) is 0 Å². The number of amides is 1. The second-order valence-corrected chi connectivity index (χ2v) is 10.3. The van der Waals surface area contributed by atoms with Gasteiger partial charge in [0, 0.05) is 49.6 Å². The highest BCUT2D eigenvalue weighted by Crippen LogP contribution is 2.43. The standard InChI is InChI=1S/C27H32ClF2N5O3/c1-15-14-35(16(2)13-34(15)17(3)36)26-18-12-19(28)22(23-20(29)8-6-9-21(23)37)24(30)25(18)31-27(32-26)38-11-7-10-33(4)5/h6,8-9,12,15-16,37H,7,10-11,13-14H2,1-5H3/t15-,16+/m1/s1. The molecule has 0 bridgehead atoms. The lowest BCUT2D eigenvalue weighted by Crippen LogP contribution is -2.58. The Morgan fingerprint density at radius 1 is 1.18 bits per heavy atom. The number of nitrogens with zero attached hydrogens (tertiary/aromatic N) is 5. The minimum Gasteiger partial charge on any atom is -0.507 e. The predicted molar refractivity (Wildman–Crippen MR) is 144 cm³/mol. The van der Waals surface area contributed by atoms with Crippen LogP contribution in [0.3, 0.4) is 0 Å². The molecule has 0 aliphatic carbocycles. The molecule has 11 heteroatoms. The molecule has 1 saturated heterocycles. The lowest BCUT2D eigenvalue weighted by atomic mass is 10.0. The van der Waals surface area contributed by atoms with E-state index in [1.54, 1.807) is 4.90 Å². The Labute approximate surface area is 225 Å². The van der Waals surface area contributed by atoms with Crippen LogP contribution in [0.25, 0.3) is 22.0 Å². The van der Waals surface area contributed by atoms with E-state index in [4.69, 9.17) is 16.3 Å². The van der Waals surface area contributed by atoms with Crippen molar-refractivity contribution in [3.8, 4) is 22.9 Å². The summed E-state index contributed by atoms with van der Waals surface area (Å²) in [5.41, 5.74) is -0.739. The topological polar surface area (TPSA) is 82.0 Å². The van der Waals surface area contributed by atoms with Gasteiger partial charge in [0.2, 0.25) is 5.91 Å². The van der Waals surface area contributed by atoms with Gasteiger partial charge in [0.25, 0.3) is 0 Å². The van der Waals surface area contributed by atoms with E-state index in [1.165, 1.54) is 25.1 Å². The van der Waals surface area contributed by atoms with Crippen molar-refractivity contribution in [1.82, 2.24) is 19.8 Å². The minimum absolute atomic E-state index is 0.0231. The van der Waals surface area contributed by atoms with Gasteiger partial charge in [-0.05, 0) is 52.6 Å². The zero-order chi connectivity index (χ0) is 27.7.